The number of benzene rings is 1. The number of aromatic carboxylic acids is 1. The number of aromatic nitrogens is 6. The van der Waals surface area contributed by atoms with E-state index in [9.17, 15) is 29.5 Å². The summed E-state index contributed by atoms with van der Waals surface area (Å²) in [5.41, 5.74) is 2.67. The van der Waals surface area contributed by atoms with Gasteiger partial charge in [0.15, 0.2) is 17.5 Å². The maximum absolute atomic E-state index is 13.0. The molecule has 3 amide bonds. The molecule has 78 heavy (non-hydrogen) atoms. The Morgan fingerprint density at radius 3 is 1.56 bits per heavy atom. The topological polar surface area (TPSA) is 278 Å². The molecule has 2 N–H and O–H groups in total. The van der Waals surface area contributed by atoms with Gasteiger partial charge < -0.3 is 44.6 Å². The summed E-state index contributed by atoms with van der Waals surface area (Å²) in [6.07, 6.45) is 19.3. The quantitative estimate of drug-likeness (QED) is 0.117. The molecule has 25 heteroatoms. The number of carbonyl (C=O) groups excluding carboxylic acids is 3. The Morgan fingerprint density at radius 2 is 1.12 bits per heavy atom. The highest BCUT2D eigenvalue weighted by atomic mass is 35.5. The van der Waals surface area contributed by atoms with Crippen molar-refractivity contribution in [1.29, 1.82) is 15.8 Å². The van der Waals surface area contributed by atoms with Crippen LogP contribution in [0.4, 0.5) is 46.2 Å². The van der Waals surface area contributed by atoms with Gasteiger partial charge in [-0.15, -0.1) is 11.6 Å². The number of amides is 3. The molecule has 22 nitrogen and oxygen atoms in total. The molecule has 3 aliphatic heterocycles. The van der Waals surface area contributed by atoms with Gasteiger partial charge in [-0.2, -0.15) is 30.7 Å². The number of hydrogen-bond acceptors (Lipinski definition) is 18. The number of anilines is 8. The monoisotopic (exact) mass is 1120 g/mol. The van der Waals surface area contributed by atoms with Gasteiger partial charge >= 0.3 is 5.97 Å². The molecular weight excluding hydrogens is 1060 g/mol. The minimum absolute atomic E-state index is 0.0609. The van der Waals surface area contributed by atoms with Crippen molar-refractivity contribution in [1.82, 2.24) is 29.9 Å². The fourth-order valence-electron chi connectivity index (χ4n) is 10.9. The summed E-state index contributed by atoms with van der Waals surface area (Å²) in [5.74, 6) is 1.02. The van der Waals surface area contributed by atoms with E-state index in [2.05, 4.69) is 57.1 Å². The van der Waals surface area contributed by atoms with Crippen molar-refractivity contribution < 1.29 is 29.0 Å². The predicted molar refractivity (Wildman–Crippen MR) is 297 cm³/mol. The molecule has 4 aromatic rings. The van der Waals surface area contributed by atoms with Gasteiger partial charge in [-0.25, -0.2) is 19.7 Å². The van der Waals surface area contributed by atoms with Crippen LogP contribution in [0.3, 0.4) is 0 Å². The first-order chi connectivity index (χ1) is 37.6. The van der Waals surface area contributed by atoms with Crippen molar-refractivity contribution in [2.75, 3.05) is 88.5 Å². The van der Waals surface area contributed by atoms with Crippen molar-refractivity contribution in [2.45, 2.75) is 114 Å². The molecule has 10 rings (SSSR count). The summed E-state index contributed by atoms with van der Waals surface area (Å²) >= 11 is 16.7. The lowest BCUT2D eigenvalue weighted by atomic mass is 10.0. The van der Waals surface area contributed by atoms with E-state index in [1.54, 1.807) is 61.7 Å². The van der Waals surface area contributed by atoms with Crippen LogP contribution in [0.2, 0.25) is 10.6 Å². The standard InChI is InChI=1S/C23H26N6O4.C15H18ClN5O.C13H17ClN4O.C2H2ClN/c1-28-18-12-25-23(26-17-8-7-14(22(31)32)11-19(17)33-2)27-20(18)29(16-5-3-4-6-16)13-15(9-10-24)21(28)30;1-20-12-8-18-15(16)19-13(12)21(11-4-2-3-5-11)9-10(6-7-17)14(20)22;1-17-10-8-15-13(14)16-12(10)18(7-6-11(17)19)9-4-2-3-5-9;3-1-2-4/h7-8,11-12,15-16H,3-6,9,13H2,1-2H3,(H,31,32)(H,25,26,27);8,10-11H,2-6,9H2,1H3;8-9H,2-7H2,1H3;1H2. The van der Waals surface area contributed by atoms with E-state index in [0.717, 1.165) is 50.0 Å². The number of halogens is 3. The molecular formula is C53H63Cl3N16O6. The smallest absolute Gasteiger partial charge is 0.335 e. The number of nitrogens with one attached hydrogen (secondary N) is 1. The molecule has 1 aromatic carbocycles. The zero-order valence-electron chi connectivity index (χ0n) is 44.1. The Balaban J connectivity index is 0.000000171. The fourth-order valence-corrected chi connectivity index (χ4v) is 11.2. The second-order valence-corrected chi connectivity index (χ2v) is 20.6. The molecule has 3 fully saturated rings. The summed E-state index contributed by atoms with van der Waals surface area (Å²) in [6.45, 7) is 1.66. The normalized spacial score (nSPS) is 19.4. The fraction of sp³-hybridized carbons (Fsp3) is 0.528. The van der Waals surface area contributed by atoms with Crippen LogP contribution >= 0.6 is 34.8 Å². The van der Waals surface area contributed by atoms with Crippen LogP contribution in [0.5, 0.6) is 5.75 Å². The second kappa shape index (κ2) is 27.3. The zero-order chi connectivity index (χ0) is 56.0. The number of fused-ring (bicyclic) bond motifs is 3. The van der Waals surface area contributed by atoms with E-state index in [-0.39, 0.29) is 64.5 Å². The highest BCUT2D eigenvalue weighted by Gasteiger charge is 2.39. The van der Waals surface area contributed by atoms with Gasteiger partial charge in [-0.3, -0.25) is 14.4 Å². The zero-order valence-corrected chi connectivity index (χ0v) is 46.4. The van der Waals surface area contributed by atoms with Crippen molar-refractivity contribution in [3.63, 3.8) is 0 Å². The number of hydrogen-bond donors (Lipinski definition) is 2. The average Bonchev–Trinajstić information content (AvgIpc) is 4.28. The Kier molecular flexibility index (Phi) is 20.4. The number of nitriles is 3. The van der Waals surface area contributed by atoms with Crippen LogP contribution in [-0.2, 0) is 14.4 Å². The van der Waals surface area contributed by atoms with Crippen molar-refractivity contribution in [3.8, 4) is 24.0 Å². The van der Waals surface area contributed by atoms with E-state index in [1.165, 1.54) is 62.7 Å². The second-order valence-electron chi connectivity index (χ2n) is 19.7. The lowest BCUT2D eigenvalue weighted by molar-refractivity contribution is -0.122. The molecule has 6 aliphatic rings. The number of ether oxygens (including phenoxy) is 1. The summed E-state index contributed by atoms with van der Waals surface area (Å²) in [6, 6.07) is 11.5. The predicted octanol–water partition coefficient (Wildman–Crippen LogP) is 8.56. The van der Waals surface area contributed by atoms with Gasteiger partial charge in [0.1, 0.15) is 28.7 Å². The minimum Gasteiger partial charge on any atom is -0.495 e. The minimum atomic E-state index is -1.05. The van der Waals surface area contributed by atoms with Crippen molar-refractivity contribution in [2.24, 2.45) is 11.8 Å². The van der Waals surface area contributed by atoms with Crippen LogP contribution < -0.4 is 39.5 Å². The summed E-state index contributed by atoms with van der Waals surface area (Å²) in [4.78, 5) is 86.2. The SMILES string of the molecule is CN1C(=O)C(CC#N)CN(C2CCCC2)c2nc(Cl)ncc21.CN1C(=O)CCN(C2CCCC2)c2nc(Cl)ncc21.COc1cc(C(=O)O)ccc1Nc1ncc2c(n1)N(C1CCCC1)CC(CC#N)C(=O)N2C.N#CCCl. The molecule has 6 heterocycles. The highest BCUT2D eigenvalue weighted by Crippen LogP contribution is 2.41. The first-order valence-corrected chi connectivity index (χ1v) is 27.3. The van der Waals surface area contributed by atoms with E-state index in [1.807, 2.05) is 0 Å². The molecule has 412 valence electrons. The highest BCUT2D eigenvalue weighted by molar-refractivity contribution is 6.28. The molecule has 0 bridgehead atoms. The maximum atomic E-state index is 13.0. The lowest BCUT2D eigenvalue weighted by Crippen LogP contribution is -2.40. The first kappa shape index (κ1) is 58.4. The van der Waals surface area contributed by atoms with E-state index in [4.69, 9.17) is 55.0 Å². The molecule has 0 saturated heterocycles. The number of carbonyl (C=O) groups is 4. The van der Waals surface area contributed by atoms with Crippen molar-refractivity contribution in [3.05, 3.63) is 52.9 Å². The van der Waals surface area contributed by atoms with Gasteiger partial charge in [-0.05, 0) is 79.9 Å². The number of alkyl halides is 1. The third-order valence-electron chi connectivity index (χ3n) is 15.0. The molecule has 3 saturated carbocycles. The van der Waals surface area contributed by atoms with E-state index >= 15 is 0 Å². The molecule has 3 aromatic heterocycles. The lowest BCUT2D eigenvalue weighted by Gasteiger charge is -2.31. The van der Waals surface area contributed by atoms with Crippen LogP contribution in [0.1, 0.15) is 107 Å². The Labute approximate surface area is 468 Å². The Hall–Kier alpha value is -7.32. The largest absolute Gasteiger partial charge is 0.495 e. The maximum Gasteiger partial charge on any atom is 0.335 e. The molecule has 2 atom stereocenters. The molecule has 0 spiro atoms. The number of methoxy groups -OCH3 is 1. The molecule has 0 radical (unpaired) electrons. The summed E-state index contributed by atoms with van der Waals surface area (Å²) < 4.78 is 5.34. The van der Waals surface area contributed by atoms with Gasteiger partial charge in [0.2, 0.25) is 34.2 Å². The third kappa shape index (κ3) is 13.7. The number of carboxylic acids is 1. The number of rotatable bonds is 9. The Bertz CT molecular complexity index is 2940. The number of nitrogens with zero attached hydrogens (tertiary/aromatic N) is 15. The van der Waals surface area contributed by atoms with Crippen LogP contribution in [0.25, 0.3) is 0 Å². The van der Waals surface area contributed by atoms with Crippen LogP contribution in [-0.4, -0.2) is 131 Å². The molecule has 2 unspecified atom stereocenters. The van der Waals surface area contributed by atoms with Crippen LogP contribution in [0.15, 0.2) is 36.8 Å². The Morgan fingerprint density at radius 1 is 0.679 bits per heavy atom. The van der Waals surface area contributed by atoms with Crippen molar-refractivity contribution >= 4 is 105 Å². The molecule has 3 aliphatic carbocycles. The van der Waals surface area contributed by atoms with Gasteiger partial charge in [0.25, 0.3) is 0 Å². The van der Waals surface area contributed by atoms with Gasteiger partial charge in [0, 0.05) is 78.2 Å². The summed E-state index contributed by atoms with van der Waals surface area (Å²) in [7, 11) is 6.63. The first-order valence-electron chi connectivity index (χ1n) is 26.0. The van der Waals surface area contributed by atoms with Gasteiger partial charge in [-0.1, -0.05) is 38.5 Å². The van der Waals surface area contributed by atoms with Gasteiger partial charge in [0.05, 0.1) is 67.0 Å². The van der Waals surface area contributed by atoms with E-state index in [0.29, 0.717) is 78.5 Å². The summed E-state index contributed by atoms with van der Waals surface area (Å²) in [5, 5.41) is 38.6. The van der Waals surface area contributed by atoms with Crippen LogP contribution in [0, 0.1) is 45.8 Å². The number of carboxylic acid groups (broad SMARTS) is 1. The third-order valence-corrected chi connectivity index (χ3v) is 15.4. The van der Waals surface area contributed by atoms with E-state index < -0.39 is 11.9 Å². The average molecular weight is 1130 g/mol.